The van der Waals surface area contributed by atoms with Crippen LogP contribution in [-0.2, 0) is 4.74 Å². The third-order valence-electron chi connectivity index (χ3n) is 6.41. The lowest BCUT2D eigenvalue weighted by atomic mass is 9.89. The van der Waals surface area contributed by atoms with E-state index in [1.54, 1.807) is 0 Å². The van der Waals surface area contributed by atoms with E-state index in [0.29, 0.717) is 23.8 Å². The second kappa shape index (κ2) is 8.52. The maximum Gasteiger partial charge on any atom is 0.257 e. The molecule has 2 aromatic carbocycles. The van der Waals surface area contributed by atoms with Crippen LogP contribution >= 0.6 is 0 Å². The zero-order chi connectivity index (χ0) is 20.3. The molecule has 1 atom stereocenters. The lowest BCUT2D eigenvalue weighted by molar-refractivity contribution is 0.0638. The van der Waals surface area contributed by atoms with Gasteiger partial charge in [-0.15, -0.1) is 0 Å². The first-order chi connectivity index (χ1) is 14.8. The van der Waals surface area contributed by atoms with Crippen LogP contribution in [0.1, 0.15) is 47.5 Å². The highest BCUT2D eigenvalue weighted by Crippen LogP contribution is 2.34. The SMILES string of the molecule is O=C(c1ccccc1OCC1CCCO1)N1CCC(c2c[nH]c3ccccc23)CC1. The second-order valence-electron chi connectivity index (χ2n) is 8.30. The molecule has 2 aliphatic rings. The quantitative estimate of drug-likeness (QED) is 0.668. The number of likely N-dealkylation sites (tertiary alicyclic amines) is 1. The number of aromatic nitrogens is 1. The summed E-state index contributed by atoms with van der Waals surface area (Å²) >= 11 is 0. The van der Waals surface area contributed by atoms with E-state index in [1.165, 1.54) is 16.5 Å². The van der Waals surface area contributed by atoms with Gasteiger partial charge in [-0.3, -0.25) is 4.79 Å². The molecule has 1 unspecified atom stereocenters. The zero-order valence-corrected chi connectivity index (χ0v) is 17.2. The molecule has 30 heavy (non-hydrogen) atoms. The molecule has 1 aromatic heterocycles. The van der Waals surface area contributed by atoms with Crippen LogP contribution < -0.4 is 4.74 Å². The van der Waals surface area contributed by atoms with Gasteiger partial charge in [0.25, 0.3) is 5.91 Å². The van der Waals surface area contributed by atoms with E-state index in [4.69, 9.17) is 9.47 Å². The van der Waals surface area contributed by atoms with Gasteiger partial charge in [0.15, 0.2) is 0 Å². The molecule has 156 valence electrons. The number of aromatic amines is 1. The Hall–Kier alpha value is -2.79. The maximum absolute atomic E-state index is 13.2. The minimum Gasteiger partial charge on any atom is -0.490 e. The molecule has 2 fully saturated rings. The van der Waals surface area contributed by atoms with Gasteiger partial charge >= 0.3 is 0 Å². The van der Waals surface area contributed by atoms with Gasteiger partial charge in [-0.25, -0.2) is 0 Å². The Morgan fingerprint density at radius 3 is 2.70 bits per heavy atom. The Morgan fingerprint density at radius 1 is 1.07 bits per heavy atom. The lowest BCUT2D eigenvalue weighted by Crippen LogP contribution is -2.38. The number of benzene rings is 2. The third kappa shape index (κ3) is 3.82. The van der Waals surface area contributed by atoms with Crippen molar-refractivity contribution in [3.8, 4) is 5.75 Å². The standard InChI is InChI=1S/C25H28N2O3/c28-25(21-8-2-4-10-24(21)30-17-19-6-5-15-29-19)27-13-11-18(12-14-27)22-16-26-23-9-3-1-7-20(22)23/h1-4,7-10,16,18-19,26H,5-6,11-15,17H2. The van der Waals surface area contributed by atoms with Crippen LogP contribution in [-0.4, -0.2) is 48.2 Å². The number of H-pyrrole nitrogens is 1. The highest BCUT2D eigenvalue weighted by atomic mass is 16.5. The molecule has 0 saturated carbocycles. The predicted octanol–water partition coefficient (Wildman–Crippen LogP) is 4.75. The smallest absolute Gasteiger partial charge is 0.257 e. The summed E-state index contributed by atoms with van der Waals surface area (Å²) in [5.41, 5.74) is 3.21. The number of nitrogens with zero attached hydrogens (tertiary/aromatic N) is 1. The van der Waals surface area contributed by atoms with Crippen LogP contribution in [0.15, 0.2) is 54.7 Å². The molecule has 3 aromatic rings. The van der Waals surface area contributed by atoms with E-state index in [2.05, 4.69) is 35.4 Å². The van der Waals surface area contributed by atoms with Gasteiger partial charge in [-0.2, -0.15) is 0 Å². The first kappa shape index (κ1) is 19.2. The van der Waals surface area contributed by atoms with Gasteiger partial charge < -0.3 is 19.4 Å². The average molecular weight is 405 g/mol. The molecule has 0 radical (unpaired) electrons. The second-order valence-corrected chi connectivity index (χ2v) is 8.30. The van der Waals surface area contributed by atoms with Gasteiger partial charge in [-0.1, -0.05) is 30.3 Å². The minimum atomic E-state index is 0.0651. The highest BCUT2D eigenvalue weighted by molar-refractivity contribution is 5.97. The molecule has 0 spiro atoms. The van der Waals surface area contributed by atoms with Gasteiger partial charge in [0.2, 0.25) is 0 Å². The fourth-order valence-corrected chi connectivity index (χ4v) is 4.72. The largest absolute Gasteiger partial charge is 0.490 e. The van der Waals surface area contributed by atoms with Gasteiger partial charge in [-0.05, 0) is 55.4 Å². The van der Waals surface area contributed by atoms with E-state index in [9.17, 15) is 4.79 Å². The number of ether oxygens (including phenoxy) is 2. The molecule has 0 bridgehead atoms. The lowest BCUT2D eigenvalue weighted by Gasteiger charge is -2.32. The van der Waals surface area contributed by atoms with E-state index in [-0.39, 0.29) is 12.0 Å². The fourth-order valence-electron chi connectivity index (χ4n) is 4.72. The number of hydrogen-bond acceptors (Lipinski definition) is 3. The fraction of sp³-hybridized carbons (Fsp3) is 0.400. The molecule has 3 heterocycles. The summed E-state index contributed by atoms with van der Waals surface area (Å²) in [7, 11) is 0. The van der Waals surface area contributed by atoms with Crippen molar-refractivity contribution in [2.24, 2.45) is 0 Å². The summed E-state index contributed by atoms with van der Waals surface area (Å²) < 4.78 is 11.6. The Balaban J connectivity index is 1.25. The van der Waals surface area contributed by atoms with Crippen LogP contribution in [0.25, 0.3) is 10.9 Å². The van der Waals surface area contributed by atoms with Crippen molar-refractivity contribution >= 4 is 16.8 Å². The number of carbonyl (C=O) groups excluding carboxylic acids is 1. The van der Waals surface area contributed by atoms with Crippen LogP contribution in [0, 0.1) is 0 Å². The zero-order valence-electron chi connectivity index (χ0n) is 17.2. The van der Waals surface area contributed by atoms with Crippen LogP contribution in [0.5, 0.6) is 5.75 Å². The third-order valence-corrected chi connectivity index (χ3v) is 6.41. The van der Waals surface area contributed by atoms with E-state index in [0.717, 1.165) is 45.4 Å². The summed E-state index contributed by atoms with van der Waals surface area (Å²) in [5.74, 6) is 1.21. The summed E-state index contributed by atoms with van der Waals surface area (Å²) in [6.07, 6.45) is 6.34. The monoisotopic (exact) mass is 404 g/mol. The number of piperidine rings is 1. The topological polar surface area (TPSA) is 54.6 Å². The molecule has 1 N–H and O–H groups in total. The Kier molecular flexibility index (Phi) is 5.45. The molecule has 0 aliphatic carbocycles. The van der Waals surface area contributed by atoms with Crippen molar-refractivity contribution in [2.75, 3.05) is 26.3 Å². The molecule has 2 saturated heterocycles. The Bertz CT molecular complexity index is 1010. The normalized spacial score (nSPS) is 20.0. The molecule has 1 amide bonds. The number of amides is 1. The van der Waals surface area contributed by atoms with Crippen molar-refractivity contribution in [2.45, 2.75) is 37.7 Å². The van der Waals surface area contributed by atoms with E-state index < -0.39 is 0 Å². The highest BCUT2D eigenvalue weighted by Gasteiger charge is 2.27. The van der Waals surface area contributed by atoms with Gasteiger partial charge in [0.1, 0.15) is 12.4 Å². The van der Waals surface area contributed by atoms with E-state index >= 15 is 0 Å². The first-order valence-corrected chi connectivity index (χ1v) is 11.0. The molecule has 5 heteroatoms. The average Bonchev–Trinajstić information content (AvgIpc) is 3.47. The number of nitrogens with one attached hydrogen (secondary N) is 1. The van der Waals surface area contributed by atoms with Crippen LogP contribution in [0.3, 0.4) is 0 Å². The molecular formula is C25H28N2O3. The minimum absolute atomic E-state index is 0.0651. The van der Waals surface area contributed by atoms with Crippen molar-refractivity contribution in [1.82, 2.24) is 9.88 Å². The summed E-state index contributed by atoms with van der Waals surface area (Å²) in [6.45, 7) is 2.85. The number of fused-ring (bicyclic) bond motifs is 1. The van der Waals surface area contributed by atoms with Crippen molar-refractivity contribution in [3.63, 3.8) is 0 Å². The van der Waals surface area contributed by atoms with Crippen molar-refractivity contribution < 1.29 is 14.3 Å². The molecular weight excluding hydrogens is 376 g/mol. The molecule has 2 aliphatic heterocycles. The van der Waals surface area contributed by atoms with Gasteiger partial charge in [0, 0.05) is 36.8 Å². The molecule has 5 rings (SSSR count). The van der Waals surface area contributed by atoms with Crippen molar-refractivity contribution in [1.29, 1.82) is 0 Å². The maximum atomic E-state index is 13.2. The van der Waals surface area contributed by atoms with Crippen molar-refractivity contribution in [3.05, 3.63) is 65.9 Å². The number of hydrogen-bond donors (Lipinski definition) is 1. The van der Waals surface area contributed by atoms with Crippen LogP contribution in [0.4, 0.5) is 0 Å². The summed E-state index contributed by atoms with van der Waals surface area (Å²) in [5, 5.41) is 1.30. The Labute approximate surface area is 177 Å². The summed E-state index contributed by atoms with van der Waals surface area (Å²) in [4.78, 5) is 18.6. The number of rotatable bonds is 5. The molecule has 5 nitrogen and oxygen atoms in total. The predicted molar refractivity (Wildman–Crippen MR) is 117 cm³/mol. The van der Waals surface area contributed by atoms with Gasteiger partial charge in [0.05, 0.1) is 11.7 Å². The number of para-hydroxylation sites is 2. The Morgan fingerprint density at radius 2 is 1.87 bits per heavy atom. The summed E-state index contributed by atoms with van der Waals surface area (Å²) in [6, 6.07) is 16.0. The van der Waals surface area contributed by atoms with E-state index in [1.807, 2.05) is 29.2 Å². The first-order valence-electron chi connectivity index (χ1n) is 11.0. The number of carbonyl (C=O) groups is 1. The van der Waals surface area contributed by atoms with Crippen LogP contribution in [0.2, 0.25) is 0 Å².